The molecule has 24 heavy (non-hydrogen) atoms. The maximum atomic E-state index is 11.8. The molecule has 0 bridgehead atoms. The first-order valence-electron chi connectivity index (χ1n) is 6.80. The normalized spacial score (nSPS) is 11.0. The topological polar surface area (TPSA) is 87.5 Å². The van der Waals surface area contributed by atoms with E-state index in [2.05, 4.69) is 36.4 Å². The summed E-state index contributed by atoms with van der Waals surface area (Å²) in [5, 5.41) is 14.7. The Hall–Kier alpha value is -1.64. The molecule has 2 rings (SSSR count). The van der Waals surface area contributed by atoms with E-state index in [0.29, 0.717) is 20.2 Å². The number of phenols is 1. The molecule has 1 heterocycles. The van der Waals surface area contributed by atoms with Gasteiger partial charge in [0.2, 0.25) is 0 Å². The van der Waals surface area contributed by atoms with Gasteiger partial charge in [0.25, 0.3) is 5.91 Å². The number of rotatable bonds is 5. The van der Waals surface area contributed by atoms with Gasteiger partial charge < -0.3 is 5.11 Å². The van der Waals surface area contributed by atoms with Gasteiger partial charge in [-0.15, -0.1) is 0 Å². The monoisotopic (exact) mass is 428 g/mol. The second kappa shape index (κ2) is 8.46. The van der Waals surface area contributed by atoms with Gasteiger partial charge in [0.05, 0.1) is 16.4 Å². The minimum atomic E-state index is -0.306. The molecule has 0 saturated heterocycles. The van der Waals surface area contributed by atoms with Crippen molar-refractivity contribution in [1.82, 2.24) is 15.4 Å². The maximum absolute atomic E-state index is 11.8. The third-order valence-electron chi connectivity index (χ3n) is 2.74. The summed E-state index contributed by atoms with van der Waals surface area (Å²) in [5.41, 5.74) is 4.47. The van der Waals surface area contributed by atoms with E-state index < -0.39 is 0 Å². The van der Waals surface area contributed by atoms with Crippen LogP contribution in [0.25, 0.3) is 0 Å². The van der Waals surface area contributed by atoms with E-state index in [4.69, 9.17) is 11.6 Å². The third-order valence-corrected chi connectivity index (χ3v) is 4.41. The number of carbonyl (C=O) groups excluding carboxylic acids is 1. The Balaban J connectivity index is 1.91. The highest BCUT2D eigenvalue weighted by Crippen LogP contribution is 2.30. The van der Waals surface area contributed by atoms with Gasteiger partial charge in [-0.25, -0.2) is 15.4 Å². The van der Waals surface area contributed by atoms with Crippen LogP contribution in [-0.2, 0) is 4.79 Å². The number of halogens is 2. The molecule has 1 amide bonds. The molecule has 2 aromatic rings. The first kappa shape index (κ1) is 18.7. The van der Waals surface area contributed by atoms with Crippen molar-refractivity contribution in [3.05, 3.63) is 44.6 Å². The molecule has 0 aliphatic heterocycles. The minimum absolute atomic E-state index is 0.00425. The zero-order valence-corrected chi connectivity index (χ0v) is 16.0. The molecule has 6 nitrogen and oxygen atoms in total. The zero-order valence-electron chi connectivity index (χ0n) is 12.9. The smallest absolute Gasteiger partial charge is 0.250 e. The quantitative estimate of drug-likeness (QED) is 0.329. The molecule has 0 atom stereocenters. The van der Waals surface area contributed by atoms with Gasteiger partial charge in [-0.05, 0) is 48.0 Å². The summed E-state index contributed by atoms with van der Waals surface area (Å²) in [4.78, 5) is 20.3. The Kier molecular flexibility index (Phi) is 6.59. The number of aromatic nitrogens is 2. The summed E-state index contributed by atoms with van der Waals surface area (Å²) in [5.74, 6) is -0.180. The average Bonchev–Trinajstić information content (AvgIpc) is 2.49. The van der Waals surface area contributed by atoms with Crippen LogP contribution >= 0.6 is 39.3 Å². The molecule has 0 fully saturated rings. The van der Waals surface area contributed by atoms with Crippen molar-refractivity contribution < 1.29 is 9.90 Å². The second-order valence-corrected chi connectivity index (χ2v) is 7.07. The number of hydrogen-bond donors (Lipinski definition) is 2. The lowest BCUT2D eigenvalue weighted by Crippen LogP contribution is -2.19. The molecule has 0 saturated carbocycles. The number of aromatic hydroxyl groups is 1. The molecule has 126 valence electrons. The fraction of sp³-hybridized carbons (Fsp3) is 0.200. The lowest BCUT2D eigenvalue weighted by atomic mass is 10.2. The summed E-state index contributed by atoms with van der Waals surface area (Å²) in [6, 6.07) is 4.97. The SMILES string of the molecule is Cc1cc(C)nc(SCC(=O)N/N=C\c2cc(Cl)cc(Br)c2O)n1. The van der Waals surface area contributed by atoms with E-state index in [1.54, 1.807) is 6.07 Å². The van der Waals surface area contributed by atoms with Crippen LogP contribution in [0.3, 0.4) is 0 Å². The fourth-order valence-electron chi connectivity index (χ4n) is 1.78. The van der Waals surface area contributed by atoms with Gasteiger partial charge in [-0.3, -0.25) is 4.79 Å². The van der Waals surface area contributed by atoms with Crippen molar-refractivity contribution in [3.8, 4) is 5.75 Å². The number of amides is 1. The number of aryl methyl sites for hydroxylation is 2. The molecule has 1 aromatic carbocycles. The summed E-state index contributed by atoms with van der Waals surface area (Å²) in [7, 11) is 0. The Morgan fingerprint density at radius 1 is 1.38 bits per heavy atom. The number of nitrogens with one attached hydrogen (secondary N) is 1. The summed E-state index contributed by atoms with van der Waals surface area (Å²) in [6.45, 7) is 3.75. The molecule has 0 radical (unpaired) electrons. The lowest BCUT2D eigenvalue weighted by Gasteiger charge is -2.03. The number of hydrazone groups is 1. The fourth-order valence-corrected chi connectivity index (χ4v) is 3.35. The van der Waals surface area contributed by atoms with Crippen LogP contribution in [0, 0.1) is 13.8 Å². The molecule has 0 unspecified atom stereocenters. The van der Waals surface area contributed by atoms with Gasteiger partial charge in [0.15, 0.2) is 5.16 Å². The van der Waals surface area contributed by atoms with Crippen molar-refractivity contribution in [2.24, 2.45) is 5.10 Å². The highest BCUT2D eigenvalue weighted by molar-refractivity contribution is 9.10. The van der Waals surface area contributed by atoms with Gasteiger partial charge in [0.1, 0.15) is 5.75 Å². The number of nitrogens with zero attached hydrogens (tertiary/aromatic N) is 3. The highest BCUT2D eigenvalue weighted by atomic mass is 79.9. The summed E-state index contributed by atoms with van der Waals surface area (Å²) in [6.07, 6.45) is 1.32. The third kappa shape index (κ3) is 5.47. The van der Waals surface area contributed by atoms with E-state index in [0.717, 1.165) is 11.4 Å². The molecular weight excluding hydrogens is 416 g/mol. The van der Waals surface area contributed by atoms with Crippen LogP contribution in [0.15, 0.2) is 32.9 Å². The number of benzene rings is 1. The standard InChI is InChI=1S/C15H14BrClN4O2S/c1-8-3-9(2)20-15(19-8)24-7-13(22)21-18-6-10-4-11(17)5-12(16)14(10)23/h3-6,23H,7H2,1-2H3,(H,21,22)/b18-6-. The second-order valence-electron chi connectivity index (χ2n) is 4.84. The van der Waals surface area contributed by atoms with Crippen LogP contribution < -0.4 is 5.43 Å². The number of carbonyl (C=O) groups is 1. The molecule has 9 heteroatoms. The predicted molar refractivity (Wildman–Crippen MR) is 98.8 cm³/mol. The molecule has 0 aliphatic carbocycles. The van der Waals surface area contributed by atoms with Crippen LogP contribution in [0.5, 0.6) is 5.75 Å². The summed E-state index contributed by atoms with van der Waals surface area (Å²) >= 11 is 10.3. The molecule has 2 N–H and O–H groups in total. The van der Waals surface area contributed by atoms with E-state index in [-0.39, 0.29) is 17.4 Å². The van der Waals surface area contributed by atoms with Crippen LogP contribution in [0.1, 0.15) is 17.0 Å². The largest absolute Gasteiger partial charge is 0.506 e. The lowest BCUT2D eigenvalue weighted by molar-refractivity contribution is -0.118. The van der Waals surface area contributed by atoms with E-state index in [9.17, 15) is 9.90 Å². The Bertz CT molecular complexity index is 781. The molecule has 1 aromatic heterocycles. The van der Waals surface area contributed by atoms with Gasteiger partial charge in [-0.2, -0.15) is 5.10 Å². The highest BCUT2D eigenvalue weighted by Gasteiger charge is 2.07. The van der Waals surface area contributed by atoms with Crippen molar-refractivity contribution >= 4 is 51.4 Å². The van der Waals surface area contributed by atoms with Gasteiger partial charge in [0, 0.05) is 22.0 Å². The summed E-state index contributed by atoms with van der Waals surface area (Å²) < 4.78 is 0.449. The van der Waals surface area contributed by atoms with Crippen molar-refractivity contribution in [1.29, 1.82) is 0 Å². The predicted octanol–water partition coefficient (Wildman–Crippen LogP) is 3.46. The molecule has 0 spiro atoms. The van der Waals surface area contributed by atoms with E-state index in [1.807, 2.05) is 19.9 Å². The van der Waals surface area contributed by atoms with Crippen LogP contribution in [0.2, 0.25) is 5.02 Å². The Labute approximate surface area is 156 Å². The first-order chi connectivity index (χ1) is 11.3. The Morgan fingerprint density at radius 2 is 2.04 bits per heavy atom. The Morgan fingerprint density at radius 3 is 2.71 bits per heavy atom. The van der Waals surface area contributed by atoms with Crippen molar-refractivity contribution in [2.75, 3.05) is 5.75 Å². The van der Waals surface area contributed by atoms with E-state index >= 15 is 0 Å². The first-order valence-corrected chi connectivity index (χ1v) is 8.96. The van der Waals surface area contributed by atoms with E-state index in [1.165, 1.54) is 24.0 Å². The van der Waals surface area contributed by atoms with Gasteiger partial charge >= 0.3 is 0 Å². The van der Waals surface area contributed by atoms with Crippen LogP contribution in [0.4, 0.5) is 0 Å². The van der Waals surface area contributed by atoms with Crippen molar-refractivity contribution in [2.45, 2.75) is 19.0 Å². The van der Waals surface area contributed by atoms with Gasteiger partial charge in [-0.1, -0.05) is 23.4 Å². The van der Waals surface area contributed by atoms with Crippen molar-refractivity contribution in [3.63, 3.8) is 0 Å². The number of hydrogen-bond acceptors (Lipinski definition) is 6. The average molecular weight is 430 g/mol. The number of phenolic OH excluding ortho intramolecular Hbond substituents is 1. The zero-order chi connectivity index (χ0) is 17.7. The minimum Gasteiger partial charge on any atom is -0.506 e. The van der Waals surface area contributed by atoms with Crippen LogP contribution in [-0.4, -0.2) is 32.9 Å². The number of thioether (sulfide) groups is 1. The molecule has 0 aliphatic rings. The molecular formula is C15H14BrClN4O2S. The maximum Gasteiger partial charge on any atom is 0.250 e.